The van der Waals surface area contributed by atoms with Crippen molar-refractivity contribution in [2.45, 2.75) is 33.7 Å². The predicted octanol–water partition coefficient (Wildman–Crippen LogP) is 4.71. The zero-order chi connectivity index (χ0) is 22.3. The summed E-state index contributed by atoms with van der Waals surface area (Å²) in [6, 6.07) is 14.3. The lowest BCUT2D eigenvalue weighted by atomic mass is 9.92. The van der Waals surface area contributed by atoms with Gasteiger partial charge in [-0.15, -0.1) is 0 Å². The molecule has 0 atom stereocenters. The Morgan fingerprint density at radius 1 is 1.03 bits per heavy atom. The summed E-state index contributed by atoms with van der Waals surface area (Å²) in [5.41, 5.74) is 2.41. The fourth-order valence-corrected chi connectivity index (χ4v) is 2.92. The molecule has 7 heteroatoms. The SMILES string of the molecule is CC(C)(C)CCNC(=O)c1ccccc1NCc1ccnc(NC(=O)c2ccco2)c1. The largest absolute Gasteiger partial charge is 0.459 e. The Kier molecular flexibility index (Phi) is 7.07. The van der Waals surface area contributed by atoms with Gasteiger partial charge in [-0.05, 0) is 53.8 Å². The Morgan fingerprint density at radius 2 is 1.84 bits per heavy atom. The van der Waals surface area contributed by atoms with Gasteiger partial charge in [0.25, 0.3) is 11.8 Å². The van der Waals surface area contributed by atoms with Crippen molar-refractivity contribution >= 4 is 23.3 Å². The second-order valence-electron chi connectivity index (χ2n) is 8.45. The number of para-hydroxylation sites is 1. The van der Waals surface area contributed by atoms with Crippen molar-refractivity contribution in [3.8, 4) is 0 Å². The summed E-state index contributed by atoms with van der Waals surface area (Å²) in [7, 11) is 0. The van der Waals surface area contributed by atoms with Crippen molar-refractivity contribution in [1.29, 1.82) is 0 Å². The van der Waals surface area contributed by atoms with E-state index in [1.807, 2.05) is 24.3 Å². The number of nitrogens with one attached hydrogen (secondary N) is 3. The first kappa shape index (κ1) is 22.1. The zero-order valence-electron chi connectivity index (χ0n) is 18.1. The average molecular weight is 421 g/mol. The van der Waals surface area contributed by atoms with Crippen molar-refractivity contribution in [2.75, 3.05) is 17.2 Å². The minimum absolute atomic E-state index is 0.103. The molecule has 0 aliphatic carbocycles. The van der Waals surface area contributed by atoms with E-state index in [9.17, 15) is 9.59 Å². The molecule has 0 bridgehead atoms. The van der Waals surface area contributed by atoms with Crippen LogP contribution in [0.1, 0.15) is 53.7 Å². The van der Waals surface area contributed by atoms with Gasteiger partial charge in [-0.1, -0.05) is 32.9 Å². The normalized spacial score (nSPS) is 11.1. The van der Waals surface area contributed by atoms with Crippen LogP contribution in [0.15, 0.2) is 65.4 Å². The summed E-state index contributed by atoms with van der Waals surface area (Å²) in [5, 5.41) is 9.01. The number of amides is 2. The molecule has 31 heavy (non-hydrogen) atoms. The Hall–Kier alpha value is -3.61. The van der Waals surface area contributed by atoms with E-state index in [0.29, 0.717) is 24.5 Å². The summed E-state index contributed by atoms with van der Waals surface area (Å²) in [6.45, 7) is 7.54. The van der Waals surface area contributed by atoms with E-state index in [1.54, 1.807) is 30.5 Å². The molecule has 2 aromatic heterocycles. The van der Waals surface area contributed by atoms with Crippen molar-refractivity contribution in [2.24, 2.45) is 5.41 Å². The van der Waals surface area contributed by atoms with Gasteiger partial charge in [0.1, 0.15) is 5.82 Å². The van der Waals surface area contributed by atoms with E-state index in [0.717, 1.165) is 17.7 Å². The number of carbonyl (C=O) groups is 2. The molecule has 0 fully saturated rings. The number of furan rings is 1. The topological polar surface area (TPSA) is 96.3 Å². The van der Waals surface area contributed by atoms with E-state index < -0.39 is 0 Å². The highest BCUT2D eigenvalue weighted by Crippen LogP contribution is 2.19. The quantitative estimate of drug-likeness (QED) is 0.491. The van der Waals surface area contributed by atoms with Crippen LogP contribution in [0.5, 0.6) is 0 Å². The molecule has 3 N–H and O–H groups in total. The van der Waals surface area contributed by atoms with Crippen molar-refractivity contribution < 1.29 is 14.0 Å². The van der Waals surface area contributed by atoms with Gasteiger partial charge in [0.15, 0.2) is 5.76 Å². The molecule has 0 aliphatic rings. The van der Waals surface area contributed by atoms with Crippen LogP contribution in [0, 0.1) is 5.41 Å². The molecular formula is C24H28N4O3. The minimum atomic E-state index is -0.361. The fraction of sp³-hybridized carbons (Fsp3) is 0.292. The smallest absolute Gasteiger partial charge is 0.292 e. The van der Waals surface area contributed by atoms with Gasteiger partial charge in [0, 0.05) is 25.0 Å². The van der Waals surface area contributed by atoms with Gasteiger partial charge in [0.2, 0.25) is 0 Å². The first-order valence-corrected chi connectivity index (χ1v) is 10.2. The molecular weight excluding hydrogens is 392 g/mol. The third-order valence-corrected chi connectivity index (χ3v) is 4.63. The van der Waals surface area contributed by atoms with Gasteiger partial charge >= 0.3 is 0 Å². The van der Waals surface area contributed by atoms with Crippen molar-refractivity contribution in [3.63, 3.8) is 0 Å². The third-order valence-electron chi connectivity index (χ3n) is 4.63. The van der Waals surface area contributed by atoms with Gasteiger partial charge < -0.3 is 20.4 Å². The van der Waals surface area contributed by atoms with Crippen molar-refractivity contribution in [3.05, 3.63) is 77.9 Å². The third kappa shape index (κ3) is 6.70. The fourth-order valence-electron chi connectivity index (χ4n) is 2.92. The van der Waals surface area contributed by atoms with Crippen LogP contribution < -0.4 is 16.0 Å². The lowest BCUT2D eigenvalue weighted by molar-refractivity contribution is 0.0949. The van der Waals surface area contributed by atoms with Crippen LogP contribution in [0.2, 0.25) is 0 Å². The molecule has 162 valence electrons. The Labute approximate surface area is 182 Å². The summed E-state index contributed by atoms with van der Waals surface area (Å²) in [4.78, 5) is 28.9. The highest BCUT2D eigenvalue weighted by molar-refractivity contribution is 6.01. The van der Waals surface area contributed by atoms with Gasteiger partial charge in [0.05, 0.1) is 11.8 Å². The summed E-state index contributed by atoms with van der Waals surface area (Å²) in [6.07, 6.45) is 3.97. The number of anilines is 2. The number of nitrogens with zero attached hydrogens (tertiary/aromatic N) is 1. The first-order chi connectivity index (χ1) is 14.8. The number of carbonyl (C=O) groups excluding carboxylic acids is 2. The molecule has 2 heterocycles. The number of aromatic nitrogens is 1. The average Bonchev–Trinajstić information content (AvgIpc) is 3.27. The van der Waals surface area contributed by atoms with Crippen LogP contribution in [0.25, 0.3) is 0 Å². The van der Waals surface area contributed by atoms with Gasteiger partial charge in [-0.25, -0.2) is 4.98 Å². The zero-order valence-corrected chi connectivity index (χ0v) is 18.1. The molecule has 0 spiro atoms. The maximum absolute atomic E-state index is 12.6. The standard InChI is InChI=1S/C24H28N4O3/c1-24(2,3)11-13-26-22(29)18-7-4-5-8-19(18)27-16-17-10-12-25-21(15-17)28-23(30)20-9-6-14-31-20/h4-10,12,14-15,27H,11,13,16H2,1-3H3,(H,26,29)(H,25,28,30). The maximum Gasteiger partial charge on any atom is 0.292 e. The van der Waals surface area contributed by atoms with E-state index >= 15 is 0 Å². The Morgan fingerprint density at radius 3 is 2.58 bits per heavy atom. The molecule has 2 amide bonds. The number of hydrogen-bond donors (Lipinski definition) is 3. The molecule has 0 aliphatic heterocycles. The number of rotatable bonds is 8. The molecule has 0 radical (unpaired) electrons. The Balaban J connectivity index is 1.61. The second kappa shape index (κ2) is 9.93. The molecule has 1 aromatic carbocycles. The summed E-state index contributed by atoms with van der Waals surface area (Å²) < 4.78 is 5.10. The molecule has 7 nitrogen and oxygen atoms in total. The van der Waals surface area contributed by atoms with E-state index in [4.69, 9.17) is 4.42 Å². The second-order valence-corrected chi connectivity index (χ2v) is 8.45. The molecule has 3 aromatic rings. The van der Waals surface area contributed by atoms with Crippen LogP contribution >= 0.6 is 0 Å². The van der Waals surface area contributed by atoms with E-state index in [2.05, 4.69) is 41.7 Å². The first-order valence-electron chi connectivity index (χ1n) is 10.2. The molecule has 3 rings (SSSR count). The summed E-state index contributed by atoms with van der Waals surface area (Å²) >= 11 is 0. The highest BCUT2D eigenvalue weighted by atomic mass is 16.3. The van der Waals surface area contributed by atoms with Crippen LogP contribution in [-0.4, -0.2) is 23.3 Å². The van der Waals surface area contributed by atoms with Crippen molar-refractivity contribution in [1.82, 2.24) is 10.3 Å². The van der Waals surface area contributed by atoms with Crippen LogP contribution in [-0.2, 0) is 6.54 Å². The lowest BCUT2D eigenvalue weighted by Crippen LogP contribution is -2.28. The van der Waals surface area contributed by atoms with E-state index in [1.165, 1.54) is 6.26 Å². The minimum Gasteiger partial charge on any atom is -0.459 e. The van der Waals surface area contributed by atoms with Crippen LogP contribution in [0.3, 0.4) is 0 Å². The molecule has 0 saturated carbocycles. The van der Waals surface area contributed by atoms with Crippen LogP contribution in [0.4, 0.5) is 11.5 Å². The van der Waals surface area contributed by atoms with E-state index in [-0.39, 0.29) is 23.0 Å². The number of hydrogen-bond acceptors (Lipinski definition) is 5. The lowest BCUT2D eigenvalue weighted by Gasteiger charge is -2.18. The Bertz CT molecular complexity index is 1020. The predicted molar refractivity (Wildman–Crippen MR) is 121 cm³/mol. The van der Waals surface area contributed by atoms with Gasteiger partial charge in [-0.2, -0.15) is 0 Å². The number of benzene rings is 1. The highest BCUT2D eigenvalue weighted by Gasteiger charge is 2.14. The summed E-state index contributed by atoms with van der Waals surface area (Å²) in [5.74, 6) is 0.180. The molecule has 0 unspecified atom stereocenters. The molecule has 0 saturated heterocycles. The van der Waals surface area contributed by atoms with Gasteiger partial charge in [-0.3, -0.25) is 9.59 Å². The monoisotopic (exact) mass is 420 g/mol. The number of pyridine rings is 1. The maximum atomic E-state index is 12.6.